The minimum absolute atomic E-state index is 0.276. The molecule has 0 bridgehead atoms. The zero-order chi connectivity index (χ0) is 15.2. The average molecular weight is 280 g/mol. The molecular formula is C16H16N4O. The molecule has 0 fully saturated rings. The normalized spacial score (nSPS) is 9.67. The smallest absolute Gasteiger partial charge is 0.274 e. The summed E-state index contributed by atoms with van der Waals surface area (Å²) in [6.45, 7) is 4.05. The molecule has 21 heavy (non-hydrogen) atoms. The van der Waals surface area contributed by atoms with Gasteiger partial charge in [-0.3, -0.25) is 9.78 Å². The summed E-state index contributed by atoms with van der Waals surface area (Å²) in [7, 11) is 0. The largest absolute Gasteiger partial charge is 0.320 e. The van der Waals surface area contributed by atoms with Crippen molar-refractivity contribution in [2.45, 2.75) is 13.8 Å². The van der Waals surface area contributed by atoms with E-state index in [1.165, 1.54) is 0 Å². The van der Waals surface area contributed by atoms with E-state index in [-0.39, 0.29) is 5.91 Å². The molecule has 0 unspecified atom stereocenters. The number of pyridine rings is 2. The van der Waals surface area contributed by atoms with E-state index in [0.29, 0.717) is 17.9 Å². The molecule has 0 saturated carbocycles. The Balaban J connectivity index is 2.13. The molecule has 0 aliphatic rings. The second-order valence-corrected chi connectivity index (χ2v) is 4.48. The van der Waals surface area contributed by atoms with Crippen LogP contribution in [0.1, 0.15) is 27.4 Å². The first kappa shape index (κ1) is 14.7. The fourth-order valence-electron chi connectivity index (χ4n) is 1.76. The Morgan fingerprint density at radius 3 is 2.71 bits per heavy atom. The first-order valence-corrected chi connectivity index (χ1v) is 6.50. The van der Waals surface area contributed by atoms with Crippen LogP contribution in [0.2, 0.25) is 0 Å². The molecule has 0 spiro atoms. The number of nitrogens with one attached hydrogen (secondary N) is 1. The van der Waals surface area contributed by atoms with Gasteiger partial charge in [0.05, 0.1) is 17.9 Å². The summed E-state index contributed by atoms with van der Waals surface area (Å²) in [5, 5.41) is 2.80. The minimum atomic E-state index is -0.276. The van der Waals surface area contributed by atoms with Crippen LogP contribution >= 0.6 is 0 Å². The number of anilines is 1. The van der Waals surface area contributed by atoms with Gasteiger partial charge in [-0.15, -0.1) is 0 Å². The zero-order valence-electron chi connectivity index (χ0n) is 12.0. The number of hydrogen-bond donors (Lipinski definition) is 2. The summed E-state index contributed by atoms with van der Waals surface area (Å²) >= 11 is 0. The molecule has 0 atom stereocenters. The van der Waals surface area contributed by atoms with E-state index in [9.17, 15) is 4.79 Å². The Morgan fingerprint density at radius 2 is 2.10 bits per heavy atom. The average Bonchev–Trinajstić information content (AvgIpc) is 2.48. The Hall–Kier alpha value is -2.71. The highest BCUT2D eigenvalue weighted by molar-refractivity contribution is 6.03. The van der Waals surface area contributed by atoms with Crippen LogP contribution in [0.5, 0.6) is 0 Å². The van der Waals surface area contributed by atoms with Crippen molar-refractivity contribution in [1.82, 2.24) is 9.97 Å². The molecule has 1 amide bonds. The van der Waals surface area contributed by atoms with Gasteiger partial charge in [0, 0.05) is 17.5 Å². The van der Waals surface area contributed by atoms with Crippen LogP contribution in [0, 0.1) is 25.7 Å². The molecule has 5 nitrogen and oxygen atoms in total. The van der Waals surface area contributed by atoms with Gasteiger partial charge in [0.15, 0.2) is 0 Å². The number of carbonyl (C=O) groups is 1. The molecule has 5 heteroatoms. The van der Waals surface area contributed by atoms with Gasteiger partial charge in [-0.2, -0.15) is 0 Å². The third kappa shape index (κ3) is 3.88. The first-order chi connectivity index (χ1) is 10.1. The van der Waals surface area contributed by atoms with Crippen LogP contribution in [-0.2, 0) is 0 Å². The SMILES string of the molecule is Cc1ccc(NC(=O)c2ccc(C#CCN)cn2)c(C)n1. The van der Waals surface area contributed by atoms with Crippen molar-refractivity contribution in [2.24, 2.45) is 5.73 Å². The van der Waals surface area contributed by atoms with Gasteiger partial charge in [0.1, 0.15) is 5.69 Å². The minimum Gasteiger partial charge on any atom is -0.320 e. The monoisotopic (exact) mass is 280 g/mol. The molecule has 2 aromatic heterocycles. The maximum Gasteiger partial charge on any atom is 0.274 e. The van der Waals surface area contributed by atoms with Crippen molar-refractivity contribution in [3.63, 3.8) is 0 Å². The van der Waals surface area contributed by atoms with Crippen molar-refractivity contribution in [3.05, 3.63) is 53.1 Å². The summed E-state index contributed by atoms with van der Waals surface area (Å²) in [5.74, 6) is 5.32. The third-order valence-corrected chi connectivity index (χ3v) is 2.80. The molecule has 2 aromatic rings. The molecule has 0 aliphatic heterocycles. The maximum absolute atomic E-state index is 12.1. The van der Waals surface area contributed by atoms with Gasteiger partial charge in [0.2, 0.25) is 0 Å². The van der Waals surface area contributed by atoms with Crippen molar-refractivity contribution in [1.29, 1.82) is 0 Å². The number of amides is 1. The van der Waals surface area contributed by atoms with Crippen LogP contribution in [0.15, 0.2) is 30.5 Å². The summed E-state index contributed by atoms with van der Waals surface area (Å²) in [5.41, 5.74) is 8.72. The summed E-state index contributed by atoms with van der Waals surface area (Å²) in [6.07, 6.45) is 1.55. The van der Waals surface area contributed by atoms with Crippen LogP contribution < -0.4 is 11.1 Å². The quantitative estimate of drug-likeness (QED) is 0.820. The summed E-state index contributed by atoms with van der Waals surface area (Å²) in [4.78, 5) is 20.5. The van der Waals surface area contributed by atoms with Gasteiger partial charge in [0.25, 0.3) is 5.91 Å². The zero-order valence-corrected chi connectivity index (χ0v) is 12.0. The number of nitrogens with zero attached hydrogens (tertiary/aromatic N) is 2. The highest BCUT2D eigenvalue weighted by atomic mass is 16.1. The van der Waals surface area contributed by atoms with Gasteiger partial charge < -0.3 is 11.1 Å². The Kier molecular flexibility index (Phi) is 4.64. The van der Waals surface area contributed by atoms with E-state index in [1.54, 1.807) is 18.3 Å². The number of aromatic nitrogens is 2. The van der Waals surface area contributed by atoms with E-state index in [0.717, 1.165) is 17.0 Å². The lowest BCUT2D eigenvalue weighted by atomic mass is 10.2. The topological polar surface area (TPSA) is 80.9 Å². The van der Waals surface area contributed by atoms with E-state index < -0.39 is 0 Å². The number of rotatable bonds is 2. The van der Waals surface area contributed by atoms with Crippen molar-refractivity contribution < 1.29 is 4.79 Å². The van der Waals surface area contributed by atoms with Crippen LogP contribution in [-0.4, -0.2) is 22.4 Å². The van der Waals surface area contributed by atoms with Crippen molar-refractivity contribution >= 4 is 11.6 Å². The number of hydrogen-bond acceptors (Lipinski definition) is 4. The number of nitrogens with two attached hydrogens (primary N) is 1. The lowest BCUT2D eigenvalue weighted by molar-refractivity contribution is 0.102. The van der Waals surface area contributed by atoms with E-state index in [1.807, 2.05) is 26.0 Å². The van der Waals surface area contributed by atoms with Crippen LogP contribution in [0.25, 0.3) is 0 Å². The molecule has 0 aromatic carbocycles. The Labute approximate surface area is 123 Å². The molecule has 106 valence electrons. The molecule has 0 radical (unpaired) electrons. The van der Waals surface area contributed by atoms with E-state index in [2.05, 4.69) is 27.1 Å². The lowest BCUT2D eigenvalue weighted by Crippen LogP contribution is -2.14. The van der Waals surface area contributed by atoms with Gasteiger partial charge >= 0.3 is 0 Å². The van der Waals surface area contributed by atoms with Crippen molar-refractivity contribution in [3.8, 4) is 11.8 Å². The predicted octanol–water partition coefficient (Wildman–Crippen LogP) is 1.66. The first-order valence-electron chi connectivity index (χ1n) is 6.50. The molecular weight excluding hydrogens is 264 g/mol. The molecule has 2 rings (SSSR count). The molecule has 0 saturated heterocycles. The molecule has 3 N–H and O–H groups in total. The maximum atomic E-state index is 12.1. The lowest BCUT2D eigenvalue weighted by Gasteiger charge is -2.07. The van der Waals surface area contributed by atoms with Crippen LogP contribution in [0.4, 0.5) is 5.69 Å². The van der Waals surface area contributed by atoms with Gasteiger partial charge in [-0.05, 0) is 38.1 Å². The number of aryl methyl sites for hydroxylation is 2. The van der Waals surface area contributed by atoms with E-state index >= 15 is 0 Å². The Bertz CT molecular complexity index is 711. The summed E-state index contributed by atoms with van der Waals surface area (Å²) < 4.78 is 0. The number of carbonyl (C=O) groups excluding carboxylic acids is 1. The predicted molar refractivity (Wildman–Crippen MR) is 81.8 cm³/mol. The third-order valence-electron chi connectivity index (χ3n) is 2.80. The molecule has 2 heterocycles. The second-order valence-electron chi connectivity index (χ2n) is 4.48. The fourth-order valence-corrected chi connectivity index (χ4v) is 1.76. The standard InChI is InChI=1S/C16H16N4O/c1-11-5-7-14(12(2)19-11)20-16(21)15-8-6-13(10-18-15)4-3-9-17/h5-8,10H,9,17H2,1-2H3,(H,20,21). The summed E-state index contributed by atoms with van der Waals surface area (Å²) in [6, 6.07) is 7.05. The van der Waals surface area contributed by atoms with Gasteiger partial charge in [-0.25, -0.2) is 4.98 Å². The van der Waals surface area contributed by atoms with E-state index in [4.69, 9.17) is 5.73 Å². The highest BCUT2D eigenvalue weighted by Gasteiger charge is 2.09. The van der Waals surface area contributed by atoms with Crippen LogP contribution in [0.3, 0.4) is 0 Å². The van der Waals surface area contributed by atoms with Gasteiger partial charge in [-0.1, -0.05) is 11.8 Å². The molecule has 0 aliphatic carbocycles. The van der Waals surface area contributed by atoms with Crippen molar-refractivity contribution in [2.75, 3.05) is 11.9 Å². The second kappa shape index (κ2) is 6.64. The fraction of sp³-hybridized carbons (Fsp3) is 0.188. The highest BCUT2D eigenvalue weighted by Crippen LogP contribution is 2.13. The Morgan fingerprint density at radius 1 is 1.29 bits per heavy atom.